The monoisotopic (exact) mass is 476 g/mol. The maximum atomic E-state index is 13.0. The van der Waals surface area contributed by atoms with Gasteiger partial charge in [-0.25, -0.2) is 4.79 Å². The molecule has 7 heteroatoms. The van der Waals surface area contributed by atoms with E-state index in [1.165, 1.54) is 11.1 Å². The highest BCUT2D eigenvalue weighted by atomic mass is 16.5. The van der Waals surface area contributed by atoms with Crippen molar-refractivity contribution < 1.29 is 24.2 Å². The van der Waals surface area contributed by atoms with Gasteiger partial charge in [0.05, 0.1) is 12.3 Å². The molecule has 0 aliphatic heterocycles. The van der Waals surface area contributed by atoms with E-state index in [-0.39, 0.29) is 48.8 Å². The molecule has 0 unspecified atom stereocenters. The lowest BCUT2D eigenvalue weighted by molar-refractivity contribution is -0.138. The second kappa shape index (κ2) is 10.1. The van der Waals surface area contributed by atoms with Gasteiger partial charge in [0.25, 0.3) is 0 Å². The third-order valence-electron chi connectivity index (χ3n) is 7.92. The number of nitrogens with one attached hydrogen (secondary N) is 2. The number of carbonyl (C=O) groups excluding carboxylic acids is 2. The quantitative estimate of drug-likeness (QED) is 0.548. The molecule has 0 aromatic heterocycles. The number of fused-ring (bicyclic) bond motifs is 3. The molecule has 2 saturated carbocycles. The molecule has 0 radical (unpaired) electrons. The lowest BCUT2D eigenvalue weighted by Gasteiger charge is -2.25. The number of aliphatic carboxylic acids is 1. The van der Waals surface area contributed by atoms with Crippen molar-refractivity contribution in [3.8, 4) is 11.1 Å². The number of ether oxygens (including phenoxy) is 1. The Morgan fingerprint density at radius 3 is 2.14 bits per heavy atom. The van der Waals surface area contributed by atoms with Gasteiger partial charge in [0.2, 0.25) is 5.91 Å². The van der Waals surface area contributed by atoms with Gasteiger partial charge in [-0.15, -0.1) is 0 Å². The van der Waals surface area contributed by atoms with Crippen LogP contribution in [0.25, 0.3) is 11.1 Å². The molecule has 5 rings (SSSR count). The van der Waals surface area contributed by atoms with Gasteiger partial charge in [-0.05, 0) is 53.9 Å². The number of hydrogen-bond acceptors (Lipinski definition) is 4. The largest absolute Gasteiger partial charge is 0.481 e. The standard InChI is InChI=1S/C28H32N2O5/c31-26(32)15-17-7-5-13-24(17)29-27(33)22-12-6-14-25(22)30-28(34)35-16-23-20-10-3-1-8-18(20)19-9-2-4-11-21(19)23/h1-4,8-11,17,22-25H,5-7,12-16H2,(H,29,33)(H,30,34)(H,31,32)/t17-,22+,24+,25-/m0/s1. The Kier molecular flexibility index (Phi) is 6.75. The molecule has 2 amide bonds. The summed E-state index contributed by atoms with van der Waals surface area (Å²) in [6.07, 6.45) is 4.43. The van der Waals surface area contributed by atoms with E-state index < -0.39 is 12.1 Å². The number of hydrogen-bond donors (Lipinski definition) is 3. The Morgan fingerprint density at radius 1 is 0.829 bits per heavy atom. The van der Waals surface area contributed by atoms with Crippen molar-refractivity contribution >= 4 is 18.0 Å². The van der Waals surface area contributed by atoms with Crippen molar-refractivity contribution in [1.29, 1.82) is 0 Å². The van der Waals surface area contributed by atoms with Crippen LogP contribution in [0, 0.1) is 11.8 Å². The highest BCUT2D eigenvalue weighted by Crippen LogP contribution is 2.44. The third-order valence-corrected chi connectivity index (χ3v) is 7.92. The first-order chi connectivity index (χ1) is 17.0. The van der Waals surface area contributed by atoms with Gasteiger partial charge in [0.15, 0.2) is 0 Å². The van der Waals surface area contributed by atoms with E-state index in [1.54, 1.807) is 0 Å². The van der Waals surface area contributed by atoms with Crippen molar-refractivity contribution in [3.05, 3.63) is 59.7 Å². The van der Waals surface area contributed by atoms with Crippen molar-refractivity contribution in [2.75, 3.05) is 6.61 Å². The number of carbonyl (C=O) groups is 3. The SMILES string of the molecule is O=C(O)C[C@@H]1CCC[C@H]1NC(=O)[C@@H]1CCC[C@@H]1NC(=O)OCC1c2ccccc2-c2ccccc21. The third kappa shape index (κ3) is 4.90. The van der Waals surface area contributed by atoms with E-state index >= 15 is 0 Å². The molecule has 184 valence electrons. The highest BCUT2D eigenvalue weighted by Gasteiger charge is 2.38. The zero-order valence-electron chi connectivity index (χ0n) is 19.7. The average molecular weight is 477 g/mol. The maximum absolute atomic E-state index is 13.0. The van der Waals surface area contributed by atoms with Crippen LogP contribution in [0.15, 0.2) is 48.5 Å². The van der Waals surface area contributed by atoms with Gasteiger partial charge in [-0.2, -0.15) is 0 Å². The van der Waals surface area contributed by atoms with Crippen LogP contribution >= 0.6 is 0 Å². The van der Waals surface area contributed by atoms with Crippen LogP contribution in [-0.4, -0.2) is 41.8 Å². The molecule has 3 aliphatic rings. The first kappa shape index (κ1) is 23.4. The minimum Gasteiger partial charge on any atom is -0.481 e. The summed E-state index contributed by atoms with van der Waals surface area (Å²) in [5, 5.41) is 15.2. The topological polar surface area (TPSA) is 105 Å². The summed E-state index contributed by atoms with van der Waals surface area (Å²) in [6, 6.07) is 16.0. The Labute approximate surface area is 205 Å². The van der Waals surface area contributed by atoms with Crippen molar-refractivity contribution in [2.24, 2.45) is 11.8 Å². The van der Waals surface area contributed by atoms with E-state index in [1.807, 2.05) is 24.3 Å². The minimum absolute atomic E-state index is 0.00985. The first-order valence-electron chi connectivity index (χ1n) is 12.6. The van der Waals surface area contributed by atoms with Gasteiger partial charge in [-0.3, -0.25) is 9.59 Å². The van der Waals surface area contributed by atoms with Gasteiger partial charge in [0, 0.05) is 18.0 Å². The molecule has 2 aromatic rings. The Bertz CT molecular complexity index is 1070. The molecule has 7 nitrogen and oxygen atoms in total. The fourth-order valence-electron chi connectivity index (χ4n) is 6.22. The number of carboxylic acid groups (broad SMARTS) is 1. The van der Waals surface area contributed by atoms with E-state index in [2.05, 4.69) is 34.9 Å². The molecule has 2 aromatic carbocycles. The molecule has 4 atom stereocenters. The normalized spacial score (nSPS) is 25.0. The summed E-state index contributed by atoms with van der Waals surface area (Å²) >= 11 is 0. The van der Waals surface area contributed by atoms with Crippen molar-refractivity contribution in [1.82, 2.24) is 10.6 Å². The Balaban J connectivity index is 1.17. The lowest BCUT2D eigenvalue weighted by Crippen LogP contribution is -2.47. The number of alkyl carbamates (subject to hydrolysis) is 1. The molecule has 0 bridgehead atoms. The molecule has 3 N–H and O–H groups in total. The van der Waals surface area contributed by atoms with Crippen LogP contribution in [0.2, 0.25) is 0 Å². The summed E-state index contributed by atoms with van der Waals surface area (Å²) < 4.78 is 5.68. The van der Waals surface area contributed by atoms with Crippen LogP contribution in [0.1, 0.15) is 62.0 Å². The second-order valence-electron chi connectivity index (χ2n) is 10.0. The van der Waals surface area contributed by atoms with Gasteiger partial charge < -0.3 is 20.5 Å². The minimum atomic E-state index is -0.827. The predicted molar refractivity (Wildman–Crippen MR) is 131 cm³/mol. The lowest BCUT2D eigenvalue weighted by atomic mass is 9.97. The first-order valence-corrected chi connectivity index (χ1v) is 12.6. The molecule has 3 aliphatic carbocycles. The van der Waals surface area contributed by atoms with Gasteiger partial charge in [0.1, 0.15) is 6.61 Å². The summed E-state index contributed by atoms with van der Waals surface area (Å²) in [4.78, 5) is 36.9. The van der Waals surface area contributed by atoms with Crippen molar-refractivity contribution in [2.45, 2.75) is 62.9 Å². The summed E-state index contributed by atoms with van der Waals surface area (Å²) in [6.45, 7) is 0.238. The van der Waals surface area contributed by atoms with Crippen LogP contribution < -0.4 is 10.6 Å². The second-order valence-corrected chi connectivity index (χ2v) is 10.0. The zero-order chi connectivity index (χ0) is 24.4. The van der Waals surface area contributed by atoms with Crippen LogP contribution in [0.3, 0.4) is 0 Å². The summed E-state index contributed by atoms with van der Waals surface area (Å²) in [7, 11) is 0. The van der Waals surface area contributed by atoms with Crippen LogP contribution in [0.4, 0.5) is 4.79 Å². The molecule has 2 fully saturated rings. The van der Waals surface area contributed by atoms with Gasteiger partial charge in [-0.1, -0.05) is 61.4 Å². The number of amides is 2. The molecular formula is C28H32N2O5. The number of carboxylic acids is 1. The van der Waals surface area contributed by atoms with Gasteiger partial charge >= 0.3 is 12.1 Å². The summed E-state index contributed by atoms with van der Waals surface area (Å²) in [5.41, 5.74) is 4.68. The fourth-order valence-corrected chi connectivity index (χ4v) is 6.22. The zero-order valence-corrected chi connectivity index (χ0v) is 19.7. The fraction of sp³-hybridized carbons (Fsp3) is 0.464. The molecule has 0 heterocycles. The molecule has 35 heavy (non-hydrogen) atoms. The van der Waals surface area contributed by atoms with Crippen LogP contribution in [-0.2, 0) is 14.3 Å². The molecule has 0 saturated heterocycles. The predicted octanol–water partition coefficient (Wildman–Crippen LogP) is 4.45. The van der Waals surface area contributed by atoms with Crippen LogP contribution in [0.5, 0.6) is 0 Å². The number of rotatable bonds is 7. The summed E-state index contributed by atoms with van der Waals surface area (Å²) in [5.74, 6) is -1.27. The average Bonchev–Trinajstić information content (AvgIpc) is 3.56. The molecule has 0 spiro atoms. The Hall–Kier alpha value is -3.35. The molecular weight excluding hydrogens is 444 g/mol. The van der Waals surface area contributed by atoms with E-state index in [0.29, 0.717) is 6.42 Å². The maximum Gasteiger partial charge on any atom is 0.407 e. The highest BCUT2D eigenvalue weighted by molar-refractivity contribution is 5.81. The van der Waals surface area contributed by atoms with E-state index in [9.17, 15) is 14.4 Å². The van der Waals surface area contributed by atoms with Crippen molar-refractivity contribution in [3.63, 3.8) is 0 Å². The van der Waals surface area contributed by atoms with E-state index in [4.69, 9.17) is 9.84 Å². The number of benzene rings is 2. The van der Waals surface area contributed by atoms with E-state index in [0.717, 1.165) is 43.2 Å². The Morgan fingerprint density at radius 2 is 1.46 bits per heavy atom. The smallest absolute Gasteiger partial charge is 0.407 e.